The third-order valence-corrected chi connectivity index (χ3v) is 1.77. The van der Waals surface area contributed by atoms with Crippen LogP contribution in [0.3, 0.4) is 0 Å². The molecule has 0 amide bonds. The van der Waals surface area contributed by atoms with Gasteiger partial charge in [0.05, 0.1) is 0 Å². The van der Waals surface area contributed by atoms with Gasteiger partial charge in [-0.2, -0.15) is 0 Å². The Morgan fingerprint density at radius 2 is 2.40 bits per heavy atom. The minimum atomic E-state index is 0.433. The van der Waals surface area contributed by atoms with Crippen LogP contribution in [0.15, 0.2) is 6.33 Å². The van der Waals surface area contributed by atoms with Crippen molar-refractivity contribution < 1.29 is 0 Å². The average molecular weight is 153 g/mol. The summed E-state index contributed by atoms with van der Waals surface area (Å²) >= 11 is 0. The van der Waals surface area contributed by atoms with E-state index in [0.29, 0.717) is 17.0 Å². The quantitative estimate of drug-likeness (QED) is 0.577. The van der Waals surface area contributed by atoms with Gasteiger partial charge in [0.25, 0.3) is 0 Å². The number of nitrogen functional groups attached to an aromatic ring is 1. The summed E-state index contributed by atoms with van der Waals surface area (Å²) in [5, 5.41) is 0. The smallest absolute Gasteiger partial charge is 0.166 e. The lowest BCUT2D eigenvalue weighted by Gasteiger charge is -1.88. The minimum absolute atomic E-state index is 0.433. The molecular formula is C4H4N5P. The Labute approximate surface area is 57.9 Å². The molecule has 0 fully saturated rings. The number of H-pyrrole nitrogens is 1. The van der Waals surface area contributed by atoms with Gasteiger partial charge in [-0.1, -0.05) is 0 Å². The lowest BCUT2D eigenvalue weighted by molar-refractivity contribution is 1.21. The standard InChI is InChI=1S/C4H4N5P/c5-3-2-4(7-1-6-3)9-10-8-2/h1H,(H3,5,6,7,8,9). The van der Waals surface area contributed by atoms with Crippen molar-refractivity contribution in [3.63, 3.8) is 0 Å². The SMILES string of the molecule is Nc1ncnc2[nH]pnc12. The van der Waals surface area contributed by atoms with Gasteiger partial charge in [0.15, 0.2) is 17.0 Å². The molecule has 2 aromatic heterocycles. The van der Waals surface area contributed by atoms with Crippen molar-refractivity contribution >= 4 is 25.5 Å². The number of rotatable bonds is 0. The fraction of sp³-hybridized carbons (Fsp3) is 0. The van der Waals surface area contributed by atoms with Gasteiger partial charge < -0.3 is 10.5 Å². The second kappa shape index (κ2) is 1.88. The monoisotopic (exact) mass is 153 g/mol. The van der Waals surface area contributed by atoms with Crippen LogP contribution < -0.4 is 5.73 Å². The van der Waals surface area contributed by atoms with Crippen molar-refractivity contribution in [3.05, 3.63) is 6.33 Å². The van der Waals surface area contributed by atoms with E-state index in [-0.39, 0.29) is 0 Å². The minimum Gasteiger partial charge on any atom is -0.382 e. The highest BCUT2D eigenvalue weighted by molar-refractivity contribution is 7.21. The molecule has 2 heterocycles. The molecule has 0 aliphatic heterocycles. The zero-order chi connectivity index (χ0) is 6.97. The molecule has 0 unspecified atom stereocenters. The first-order valence-electron chi connectivity index (χ1n) is 2.65. The summed E-state index contributed by atoms with van der Waals surface area (Å²) in [5.41, 5.74) is 6.87. The Bertz CT molecular complexity index is 355. The van der Waals surface area contributed by atoms with E-state index in [2.05, 4.69) is 19.5 Å². The van der Waals surface area contributed by atoms with Gasteiger partial charge in [-0.3, -0.25) is 0 Å². The Morgan fingerprint density at radius 3 is 3.20 bits per heavy atom. The maximum Gasteiger partial charge on any atom is 0.166 e. The predicted molar refractivity (Wildman–Crippen MR) is 38.6 cm³/mol. The van der Waals surface area contributed by atoms with Crippen LogP contribution in [0.4, 0.5) is 5.82 Å². The molecule has 10 heavy (non-hydrogen) atoms. The number of nitrogens with zero attached hydrogens (tertiary/aromatic N) is 3. The number of aromatic nitrogens is 4. The summed E-state index contributed by atoms with van der Waals surface area (Å²) in [6, 6.07) is 0. The van der Waals surface area contributed by atoms with Gasteiger partial charge in [0.1, 0.15) is 14.8 Å². The molecule has 0 saturated carbocycles. The van der Waals surface area contributed by atoms with Gasteiger partial charge >= 0.3 is 0 Å². The Kier molecular flexibility index (Phi) is 1.05. The number of anilines is 1. The van der Waals surface area contributed by atoms with Gasteiger partial charge in [0.2, 0.25) is 0 Å². The molecule has 0 aliphatic rings. The third-order valence-electron chi connectivity index (χ3n) is 1.16. The van der Waals surface area contributed by atoms with E-state index in [9.17, 15) is 0 Å². The van der Waals surface area contributed by atoms with Crippen LogP contribution in [0.2, 0.25) is 0 Å². The number of hydrogen-bond acceptors (Lipinski definition) is 4. The topological polar surface area (TPSA) is 80.5 Å². The Hall–Kier alpha value is -1.22. The fourth-order valence-electron chi connectivity index (χ4n) is 0.695. The lowest BCUT2D eigenvalue weighted by atomic mass is 10.5. The molecule has 0 radical (unpaired) electrons. The zero-order valence-electron chi connectivity index (χ0n) is 4.94. The lowest BCUT2D eigenvalue weighted by Crippen LogP contribution is -1.91. The number of nitrogens with two attached hydrogens (primary N) is 1. The normalized spacial score (nSPS) is 11.2. The second-order valence-corrected chi connectivity index (χ2v) is 2.39. The second-order valence-electron chi connectivity index (χ2n) is 1.77. The number of aromatic amines is 1. The predicted octanol–water partition coefficient (Wildman–Crippen LogP) is 0.515. The van der Waals surface area contributed by atoms with E-state index in [4.69, 9.17) is 5.73 Å². The van der Waals surface area contributed by atoms with E-state index in [0.717, 1.165) is 8.51 Å². The highest BCUT2D eigenvalue weighted by Crippen LogP contribution is 2.13. The van der Waals surface area contributed by atoms with Crippen molar-refractivity contribution in [2.45, 2.75) is 0 Å². The van der Waals surface area contributed by atoms with Crippen molar-refractivity contribution in [3.8, 4) is 0 Å². The number of nitrogens with one attached hydrogen (secondary N) is 1. The summed E-state index contributed by atoms with van der Waals surface area (Å²) in [6.07, 6.45) is 1.41. The third kappa shape index (κ3) is 0.642. The van der Waals surface area contributed by atoms with E-state index < -0.39 is 0 Å². The molecule has 6 heteroatoms. The molecule has 3 N–H and O–H groups in total. The Balaban J connectivity index is 2.95. The van der Waals surface area contributed by atoms with E-state index >= 15 is 0 Å². The molecule has 2 aromatic rings. The maximum absolute atomic E-state index is 5.48. The van der Waals surface area contributed by atoms with Crippen LogP contribution in [0.5, 0.6) is 0 Å². The van der Waals surface area contributed by atoms with Crippen LogP contribution in [0.1, 0.15) is 0 Å². The Morgan fingerprint density at radius 1 is 1.50 bits per heavy atom. The van der Waals surface area contributed by atoms with Crippen molar-refractivity contribution in [1.82, 2.24) is 19.5 Å². The highest BCUT2D eigenvalue weighted by atomic mass is 31.1. The van der Waals surface area contributed by atoms with Crippen molar-refractivity contribution in [2.75, 3.05) is 5.73 Å². The number of hydrogen-bond donors (Lipinski definition) is 2. The van der Waals surface area contributed by atoms with E-state index in [1.54, 1.807) is 0 Å². The first-order valence-corrected chi connectivity index (χ1v) is 3.50. The molecule has 0 aliphatic carbocycles. The zero-order valence-corrected chi connectivity index (χ0v) is 5.84. The molecule has 2 rings (SSSR count). The summed E-state index contributed by atoms with van der Waals surface area (Å²) in [5.74, 6) is 0.433. The van der Waals surface area contributed by atoms with Crippen LogP contribution in [0, 0.1) is 0 Å². The molecule has 0 bridgehead atoms. The highest BCUT2D eigenvalue weighted by Gasteiger charge is 2.00. The molecule has 0 aromatic carbocycles. The number of fused-ring (bicyclic) bond motifs is 1. The molecule has 0 saturated heterocycles. The van der Waals surface area contributed by atoms with E-state index in [1.165, 1.54) is 6.33 Å². The van der Waals surface area contributed by atoms with Gasteiger partial charge in [-0.05, 0) is 0 Å². The summed E-state index contributed by atoms with van der Waals surface area (Å²) in [7, 11) is 0.772. The molecule has 5 nitrogen and oxygen atoms in total. The maximum atomic E-state index is 5.48. The van der Waals surface area contributed by atoms with Gasteiger partial charge in [-0.25, -0.2) is 14.7 Å². The van der Waals surface area contributed by atoms with Crippen LogP contribution in [-0.4, -0.2) is 19.5 Å². The fourth-order valence-corrected chi connectivity index (χ4v) is 1.30. The van der Waals surface area contributed by atoms with Gasteiger partial charge in [-0.15, -0.1) is 0 Å². The molecular weight excluding hydrogens is 149 g/mol. The van der Waals surface area contributed by atoms with E-state index in [1.807, 2.05) is 0 Å². The molecule has 0 atom stereocenters. The first kappa shape index (κ1) is 5.56. The largest absolute Gasteiger partial charge is 0.382 e. The first-order chi connectivity index (χ1) is 4.88. The average Bonchev–Trinajstić information content (AvgIpc) is 2.36. The van der Waals surface area contributed by atoms with Crippen molar-refractivity contribution in [1.29, 1.82) is 0 Å². The molecule has 0 spiro atoms. The van der Waals surface area contributed by atoms with Crippen molar-refractivity contribution in [2.24, 2.45) is 0 Å². The van der Waals surface area contributed by atoms with Crippen LogP contribution in [0.25, 0.3) is 11.2 Å². The van der Waals surface area contributed by atoms with Gasteiger partial charge in [0, 0.05) is 0 Å². The van der Waals surface area contributed by atoms with Crippen LogP contribution in [-0.2, 0) is 0 Å². The molecule has 50 valence electrons. The van der Waals surface area contributed by atoms with Crippen LogP contribution >= 0.6 is 8.51 Å². The summed E-state index contributed by atoms with van der Waals surface area (Å²) in [6.45, 7) is 0. The summed E-state index contributed by atoms with van der Waals surface area (Å²) < 4.78 is 6.93. The summed E-state index contributed by atoms with van der Waals surface area (Å²) in [4.78, 5) is 7.70.